The van der Waals surface area contributed by atoms with Crippen molar-refractivity contribution >= 4 is 18.4 Å². The van der Waals surface area contributed by atoms with E-state index < -0.39 is 0 Å². The molecule has 25 heavy (non-hydrogen) atoms. The Morgan fingerprint density at radius 2 is 2.04 bits per heavy atom. The number of phenolic OH excluding ortho intramolecular Hbond substituents is 1. The third-order valence-electron chi connectivity index (χ3n) is 3.50. The maximum atomic E-state index is 9.66. The number of phenols is 1. The van der Waals surface area contributed by atoms with E-state index in [0.29, 0.717) is 22.1 Å². The number of rotatable bonds is 5. The molecule has 0 aliphatic carbocycles. The molecule has 1 aromatic heterocycles. The van der Waals surface area contributed by atoms with Crippen LogP contribution in [0.1, 0.15) is 5.56 Å². The Kier molecular flexibility index (Phi) is 4.80. The van der Waals surface area contributed by atoms with Crippen LogP contribution in [0.4, 0.5) is 0 Å². The summed E-state index contributed by atoms with van der Waals surface area (Å²) in [5.41, 5.74) is 1.56. The van der Waals surface area contributed by atoms with Crippen molar-refractivity contribution in [3.8, 4) is 28.6 Å². The van der Waals surface area contributed by atoms with E-state index in [4.69, 9.17) is 21.7 Å². The number of hydrogen-bond donors (Lipinski definition) is 2. The first kappa shape index (κ1) is 16.7. The van der Waals surface area contributed by atoms with Crippen LogP contribution in [0, 0.1) is 4.77 Å². The Morgan fingerprint density at radius 1 is 1.20 bits per heavy atom. The van der Waals surface area contributed by atoms with Crippen molar-refractivity contribution < 1.29 is 14.6 Å². The Morgan fingerprint density at radius 3 is 2.80 bits per heavy atom. The standard InChI is InChI=1S/C17H16N4O3S/c1-23-13-5-3-4-12(9-13)16-19-20-17(25)21(16)18-10-11-6-7-14(22)15(8-11)24-2/h3-10,22H,1-2H3,(H,20,25)/b18-10+. The van der Waals surface area contributed by atoms with Gasteiger partial charge in [0.25, 0.3) is 0 Å². The largest absolute Gasteiger partial charge is 0.504 e. The van der Waals surface area contributed by atoms with E-state index in [9.17, 15) is 5.11 Å². The van der Waals surface area contributed by atoms with Crippen LogP contribution < -0.4 is 9.47 Å². The lowest BCUT2D eigenvalue weighted by Gasteiger charge is -2.05. The van der Waals surface area contributed by atoms with Gasteiger partial charge in [-0.25, -0.2) is 5.10 Å². The molecule has 3 rings (SSSR count). The summed E-state index contributed by atoms with van der Waals surface area (Å²) in [4.78, 5) is 0. The van der Waals surface area contributed by atoms with Crippen molar-refractivity contribution in [2.45, 2.75) is 0 Å². The zero-order valence-electron chi connectivity index (χ0n) is 13.6. The fraction of sp³-hybridized carbons (Fsp3) is 0.118. The second-order valence-corrected chi connectivity index (χ2v) is 5.46. The van der Waals surface area contributed by atoms with Crippen molar-refractivity contribution in [1.82, 2.24) is 14.9 Å². The lowest BCUT2D eigenvalue weighted by atomic mass is 10.2. The predicted molar refractivity (Wildman–Crippen MR) is 97.1 cm³/mol. The molecular weight excluding hydrogens is 340 g/mol. The average molecular weight is 356 g/mol. The molecule has 3 aromatic rings. The topological polar surface area (TPSA) is 84.7 Å². The molecule has 0 radical (unpaired) electrons. The van der Waals surface area contributed by atoms with Gasteiger partial charge in [0.2, 0.25) is 4.77 Å². The van der Waals surface area contributed by atoms with Crippen LogP contribution in [0.5, 0.6) is 17.2 Å². The van der Waals surface area contributed by atoms with Gasteiger partial charge in [0.15, 0.2) is 17.3 Å². The summed E-state index contributed by atoms with van der Waals surface area (Å²) >= 11 is 5.25. The average Bonchev–Trinajstić information content (AvgIpc) is 3.01. The first-order valence-corrected chi connectivity index (χ1v) is 7.76. The molecule has 0 spiro atoms. The second kappa shape index (κ2) is 7.18. The first-order chi connectivity index (χ1) is 12.1. The maximum Gasteiger partial charge on any atom is 0.216 e. The molecule has 0 saturated carbocycles. The highest BCUT2D eigenvalue weighted by atomic mass is 32.1. The number of nitrogens with one attached hydrogen (secondary N) is 1. The zero-order chi connectivity index (χ0) is 17.8. The predicted octanol–water partition coefficient (Wildman–Crippen LogP) is 3.21. The molecule has 2 aromatic carbocycles. The molecule has 0 aliphatic rings. The van der Waals surface area contributed by atoms with Crippen LogP contribution in [-0.2, 0) is 0 Å². The van der Waals surface area contributed by atoms with E-state index in [-0.39, 0.29) is 5.75 Å². The summed E-state index contributed by atoms with van der Waals surface area (Å²) in [7, 11) is 3.09. The van der Waals surface area contributed by atoms with Crippen LogP contribution in [0.25, 0.3) is 11.4 Å². The summed E-state index contributed by atoms with van der Waals surface area (Å²) in [5.74, 6) is 1.71. The molecule has 8 heteroatoms. The van der Waals surface area contributed by atoms with Gasteiger partial charge >= 0.3 is 0 Å². The van der Waals surface area contributed by atoms with Crippen LogP contribution in [0.15, 0.2) is 47.6 Å². The Bertz CT molecular complexity index is 978. The lowest BCUT2D eigenvalue weighted by Crippen LogP contribution is -1.96. The monoisotopic (exact) mass is 356 g/mol. The van der Waals surface area contributed by atoms with Gasteiger partial charge in [0.1, 0.15) is 5.75 Å². The van der Waals surface area contributed by atoms with Gasteiger partial charge in [-0.15, -0.1) is 0 Å². The van der Waals surface area contributed by atoms with E-state index in [2.05, 4.69) is 15.3 Å². The lowest BCUT2D eigenvalue weighted by molar-refractivity contribution is 0.373. The van der Waals surface area contributed by atoms with Gasteiger partial charge in [-0.05, 0) is 48.1 Å². The van der Waals surface area contributed by atoms with Gasteiger partial charge in [-0.2, -0.15) is 14.9 Å². The summed E-state index contributed by atoms with van der Waals surface area (Å²) in [6.45, 7) is 0. The number of aromatic hydroxyl groups is 1. The summed E-state index contributed by atoms with van der Waals surface area (Å²) in [6, 6.07) is 12.4. The number of ether oxygens (including phenoxy) is 2. The van der Waals surface area contributed by atoms with Crippen LogP contribution in [0.2, 0.25) is 0 Å². The fourth-order valence-electron chi connectivity index (χ4n) is 2.25. The Labute approximate surface area is 149 Å². The quantitative estimate of drug-likeness (QED) is 0.542. The van der Waals surface area contributed by atoms with E-state index in [0.717, 1.165) is 11.1 Å². The molecule has 0 bridgehead atoms. The van der Waals surface area contributed by atoms with E-state index >= 15 is 0 Å². The molecule has 0 aliphatic heterocycles. The Hall–Kier alpha value is -3.13. The number of benzene rings is 2. The third-order valence-corrected chi connectivity index (χ3v) is 3.77. The number of hydrogen-bond acceptors (Lipinski definition) is 6. The van der Waals surface area contributed by atoms with Gasteiger partial charge in [0.05, 0.1) is 20.4 Å². The highest BCUT2D eigenvalue weighted by Crippen LogP contribution is 2.26. The second-order valence-electron chi connectivity index (χ2n) is 5.07. The molecule has 0 saturated heterocycles. The van der Waals surface area contributed by atoms with Gasteiger partial charge in [-0.1, -0.05) is 12.1 Å². The highest BCUT2D eigenvalue weighted by Gasteiger charge is 2.09. The van der Waals surface area contributed by atoms with E-state index in [1.165, 1.54) is 17.9 Å². The number of methoxy groups -OCH3 is 2. The smallest absolute Gasteiger partial charge is 0.216 e. The maximum absolute atomic E-state index is 9.66. The molecular formula is C17H16N4O3S. The number of H-pyrrole nitrogens is 1. The first-order valence-electron chi connectivity index (χ1n) is 7.35. The minimum atomic E-state index is 0.0663. The van der Waals surface area contributed by atoms with Crippen molar-refractivity contribution in [3.05, 3.63) is 52.8 Å². The summed E-state index contributed by atoms with van der Waals surface area (Å²) in [5, 5.41) is 21.0. The molecule has 1 heterocycles. The van der Waals surface area contributed by atoms with Gasteiger partial charge in [0, 0.05) is 5.56 Å². The number of aromatic amines is 1. The summed E-state index contributed by atoms with van der Waals surface area (Å²) < 4.78 is 12.2. The molecule has 0 atom stereocenters. The van der Waals surface area contributed by atoms with Crippen molar-refractivity contribution in [1.29, 1.82) is 0 Å². The molecule has 0 fully saturated rings. The van der Waals surface area contributed by atoms with Crippen LogP contribution in [-0.4, -0.2) is 40.4 Å². The molecule has 7 nitrogen and oxygen atoms in total. The van der Waals surface area contributed by atoms with Gasteiger partial charge < -0.3 is 14.6 Å². The minimum Gasteiger partial charge on any atom is -0.504 e. The molecule has 128 valence electrons. The van der Waals surface area contributed by atoms with Crippen molar-refractivity contribution in [3.63, 3.8) is 0 Å². The van der Waals surface area contributed by atoms with E-state index in [1.54, 1.807) is 25.5 Å². The minimum absolute atomic E-state index is 0.0663. The van der Waals surface area contributed by atoms with Crippen molar-refractivity contribution in [2.75, 3.05) is 14.2 Å². The number of aromatic nitrogens is 3. The SMILES string of the molecule is COc1cccc(-c2n[nH]c(=S)n2/N=C/c2ccc(O)c(OC)c2)c1. The Balaban J connectivity index is 1.98. The highest BCUT2D eigenvalue weighted by molar-refractivity contribution is 7.71. The van der Waals surface area contributed by atoms with Crippen LogP contribution in [0.3, 0.4) is 0 Å². The third kappa shape index (κ3) is 3.53. The number of nitrogens with zero attached hydrogens (tertiary/aromatic N) is 3. The van der Waals surface area contributed by atoms with E-state index in [1.807, 2.05) is 24.3 Å². The molecule has 0 unspecified atom stereocenters. The van der Waals surface area contributed by atoms with Crippen LogP contribution >= 0.6 is 12.2 Å². The normalized spacial score (nSPS) is 11.0. The molecule has 0 amide bonds. The van der Waals surface area contributed by atoms with Gasteiger partial charge in [-0.3, -0.25) is 0 Å². The zero-order valence-corrected chi connectivity index (χ0v) is 14.4. The van der Waals surface area contributed by atoms with Crippen molar-refractivity contribution in [2.24, 2.45) is 5.10 Å². The fourth-order valence-corrected chi connectivity index (χ4v) is 2.43. The summed E-state index contributed by atoms with van der Waals surface area (Å²) in [6.07, 6.45) is 1.61. The molecule has 2 N–H and O–H groups in total.